The van der Waals surface area contributed by atoms with E-state index in [-0.39, 0.29) is 17.3 Å². The summed E-state index contributed by atoms with van der Waals surface area (Å²) >= 11 is 5.90. The first-order chi connectivity index (χ1) is 15.3. The van der Waals surface area contributed by atoms with E-state index in [9.17, 15) is 17.6 Å². The summed E-state index contributed by atoms with van der Waals surface area (Å²) in [5.74, 6) is -0.704. The van der Waals surface area contributed by atoms with Crippen molar-refractivity contribution < 1.29 is 17.6 Å². The van der Waals surface area contributed by atoms with Crippen LogP contribution in [0.5, 0.6) is 0 Å². The lowest BCUT2D eigenvalue weighted by Crippen LogP contribution is -2.41. The molecule has 0 unspecified atom stereocenters. The number of rotatable bonds is 9. The zero-order valence-electron chi connectivity index (χ0n) is 17.6. The fourth-order valence-corrected chi connectivity index (χ4v) is 4.85. The molecule has 0 saturated heterocycles. The highest BCUT2D eigenvalue weighted by Gasteiger charge is 2.28. The quantitative estimate of drug-likeness (QED) is 0.456. The Morgan fingerprint density at radius 1 is 1.00 bits per heavy atom. The van der Waals surface area contributed by atoms with Crippen molar-refractivity contribution >= 4 is 33.2 Å². The van der Waals surface area contributed by atoms with Crippen LogP contribution in [0.15, 0.2) is 77.7 Å². The van der Waals surface area contributed by atoms with Crippen LogP contribution in [0.25, 0.3) is 0 Å². The number of sulfonamides is 1. The van der Waals surface area contributed by atoms with E-state index >= 15 is 0 Å². The number of carbonyl (C=O) groups excluding carboxylic acids is 1. The number of nitrogens with zero attached hydrogens (tertiary/aromatic N) is 1. The molecule has 1 N–H and O–H groups in total. The van der Waals surface area contributed by atoms with E-state index in [0.29, 0.717) is 30.1 Å². The van der Waals surface area contributed by atoms with Gasteiger partial charge in [-0.2, -0.15) is 0 Å². The number of aryl methyl sites for hydroxylation is 2. The Hall–Kier alpha value is -2.90. The molecule has 8 heteroatoms. The average Bonchev–Trinajstić information content (AvgIpc) is 2.77. The topological polar surface area (TPSA) is 66.5 Å². The highest BCUT2D eigenvalue weighted by molar-refractivity contribution is 7.92. The Morgan fingerprint density at radius 2 is 1.66 bits per heavy atom. The predicted molar refractivity (Wildman–Crippen MR) is 125 cm³/mol. The predicted octanol–water partition coefficient (Wildman–Crippen LogP) is 4.73. The molecule has 0 aliphatic rings. The molecule has 3 aromatic carbocycles. The second kappa shape index (κ2) is 10.6. The third kappa shape index (κ3) is 6.08. The first-order valence-electron chi connectivity index (χ1n) is 10.1. The molecular formula is C24H24ClFN2O3S. The van der Waals surface area contributed by atoms with E-state index in [4.69, 9.17) is 11.6 Å². The SMILES string of the molecule is Cc1ccccc1N(CC(=O)NCCCc1ccc(F)cc1)S(=O)(=O)c1ccc(Cl)cc1. The molecule has 0 atom stereocenters. The molecular weight excluding hydrogens is 451 g/mol. The molecule has 0 aromatic heterocycles. The van der Waals surface area contributed by atoms with Crippen molar-refractivity contribution in [2.45, 2.75) is 24.7 Å². The van der Waals surface area contributed by atoms with Crippen LogP contribution in [0, 0.1) is 12.7 Å². The number of para-hydroxylation sites is 1. The molecule has 168 valence electrons. The van der Waals surface area contributed by atoms with Gasteiger partial charge in [-0.3, -0.25) is 9.10 Å². The largest absolute Gasteiger partial charge is 0.355 e. The van der Waals surface area contributed by atoms with Crippen LogP contribution >= 0.6 is 11.6 Å². The standard InChI is InChI=1S/C24H24ClFN2O3S/c1-18-5-2-3-7-23(18)28(32(30,31)22-14-10-20(25)11-15-22)17-24(29)27-16-4-6-19-8-12-21(26)13-9-19/h2-3,5,7-15H,4,6,16-17H2,1H3,(H,27,29). The molecule has 0 aliphatic heterocycles. The lowest BCUT2D eigenvalue weighted by Gasteiger charge is -2.25. The third-order valence-corrected chi connectivity index (χ3v) is 6.98. The second-order valence-electron chi connectivity index (χ2n) is 7.33. The van der Waals surface area contributed by atoms with Gasteiger partial charge in [0.1, 0.15) is 12.4 Å². The van der Waals surface area contributed by atoms with Crippen LogP contribution in [-0.2, 0) is 21.2 Å². The first kappa shape index (κ1) is 23.8. The number of nitrogens with one attached hydrogen (secondary N) is 1. The minimum atomic E-state index is -3.99. The summed E-state index contributed by atoms with van der Waals surface area (Å²) in [6.07, 6.45) is 1.32. The van der Waals surface area contributed by atoms with Crippen LogP contribution in [0.4, 0.5) is 10.1 Å². The molecule has 5 nitrogen and oxygen atoms in total. The number of hydrogen-bond donors (Lipinski definition) is 1. The van der Waals surface area contributed by atoms with Crippen LogP contribution in [-0.4, -0.2) is 27.4 Å². The monoisotopic (exact) mass is 474 g/mol. The van der Waals surface area contributed by atoms with Crippen molar-refractivity contribution in [1.82, 2.24) is 5.32 Å². The van der Waals surface area contributed by atoms with Gasteiger partial charge in [-0.05, 0) is 73.4 Å². The highest BCUT2D eigenvalue weighted by atomic mass is 35.5. The van der Waals surface area contributed by atoms with E-state index in [0.717, 1.165) is 15.4 Å². The fourth-order valence-electron chi connectivity index (χ4n) is 3.23. The smallest absolute Gasteiger partial charge is 0.264 e. The summed E-state index contributed by atoms with van der Waals surface area (Å²) < 4.78 is 40.8. The summed E-state index contributed by atoms with van der Waals surface area (Å²) in [4.78, 5) is 12.7. The second-order valence-corrected chi connectivity index (χ2v) is 9.63. The van der Waals surface area contributed by atoms with Crippen LogP contribution in [0.3, 0.4) is 0 Å². The number of halogens is 2. The highest BCUT2D eigenvalue weighted by Crippen LogP contribution is 2.27. The molecule has 3 aromatic rings. The molecule has 0 heterocycles. The van der Waals surface area contributed by atoms with Crippen LogP contribution in [0.1, 0.15) is 17.5 Å². The number of carbonyl (C=O) groups is 1. The zero-order valence-corrected chi connectivity index (χ0v) is 19.2. The van der Waals surface area contributed by atoms with Gasteiger partial charge < -0.3 is 5.32 Å². The van der Waals surface area contributed by atoms with E-state index in [1.165, 1.54) is 36.4 Å². The van der Waals surface area contributed by atoms with Crippen molar-refractivity contribution in [2.75, 3.05) is 17.4 Å². The van der Waals surface area contributed by atoms with Gasteiger partial charge in [0, 0.05) is 11.6 Å². The molecule has 0 bridgehead atoms. The van der Waals surface area contributed by atoms with Gasteiger partial charge in [0.2, 0.25) is 5.91 Å². The Balaban J connectivity index is 1.71. The van der Waals surface area contributed by atoms with E-state index in [1.54, 1.807) is 43.3 Å². The van der Waals surface area contributed by atoms with Crippen LogP contribution < -0.4 is 9.62 Å². The molecule has 0 fully saturated rings. The minimum Gasteiger partial charge on any atom is -0.355 e. The molecule has 0 radical (unpaired) electrons. The Morgan fingerprint density at radius 3 is 2.31 bits per heavy atom. The lowest BCUT2D eigenvalue weighted by molar-refractivity contribution is -0.119. The maximum absolute atomic E-state index is 13.3. The van der Waals surface area contributed by atoms with Crippen molar-refractivity contribution in [3.05, 3.63) is 94.8 Å². The lowest BCUT2D eigenvalue weighted by atomic mass is 10.1. The van der Waals surface area contributed by atoms with Gasteiger partial charge in [0.15, 0.2) is 0 Å². The minimum absolute atomic E-state index is 0.0502. The number of hydrogen-bond acceptors (Lipinski definition) is 3. The summed E-state index contributed by atoms with van der Waals surface area (Å²) in [7, 11) is -3.99. The van der Waals surface area contributed by atoms with Gasteiger partial charge in [0.05, 0.1) is 10.6 Å². The summed E-state index contributed by atoms with van der Waals surface area (Å²) in [5.41, 5.74) is 2.13. The van der Waals surface area contributed by atoms with E-state index in [2.05, 4.69) is 5.32 Å². The maximum atomic E-state index is 13.3. The van der Waals surface area contributed by atoms with Gasteiger partial charge in [0.25, 0.3) is 10.0 Å². The third-order valence-electron chi connectivity index (χ3n) is 4.95. The number of benzene rings is 3. The molecule has 3 rings (SSSR count). The Labute approximate surface area is 192 Å². The number of anilines is 1. The zero-order chi connectivity index (χ0) is 23.1. The average molecular weight is 475 g/mol. The van der Waals surface area contributed by atoms with Gasteiger partial charge in [-0.1, -0.05) is 41.9 Å². The molecule has 0 aliphatic carbocycles. The Bertz CT molecular complexity index is 1170. The molecule has 0 saturated carbocycles. The van der Waals surface area contributed by atoms with Crippen molar-refractivity contribution in [2.24, 2.45) is 0 Å². The van der Waals surface area contributed by atoms with Crippen molar-refractivity contribution in [3.8, 4) is 0 Å². The van der Waals surface area contributed by atoms with Gasteiger partial charge in [-0.15, -0.1) is 0 Å². The maximum Gasteiger partial charge on any atom is 0.264 e. The molecule has 32 heavy (non-hydrogen) atoms. The summed E-state index contributed by atoms with van der Waals surface area (Å²) in [6.45, 7) is 1.81. The molecule has 0 spiro atoms. The van der Waals surface area contributed by atoms with Crippen molar-refractivity contribution in [3.63, 3.8) is 0 Å². The van der Waals surface area contributed by atoms with Gasteiger partial charge >= 0.3 is 0 Å². The van der Waals surface area contributed by atoms with Gasteiger partial charge in [-0.25, -0.2) is 12.8 Å². The summed E-state index contributed by atoms with van der Waals surface area (Å²) in [5, 5.41) is 3.20. The van der Waals surface area contributed by atoms with E-state index in [1.807, 2.05) is 0 Å². The van der Waals surface area contributed by atoms with Crippen molar-refractivity contribution in [1.29, 1.82) is 0 Å². The Kier molecular flexibility index (Phi) is 7.88. The van der Waals surface area contributed by atoms with E-state index < -0.39 is 15.9 Å². The first-order valence-corrected chi connectivity index (χ1v) is 11.9. The molecule has 1 amide bonds. The van der Waals surface area contributed by atoms with Crippen LogP contribution in [0.2, 0.25) is 5.02 Å². The summed E-state index contributed by atoms with van der Waals surface area (Å²) in [6, 6.07) is 19.0. The fraction of sp³-hybridized carbons (Fsp3) is 0.208. The number of amides is 1. The normalized spacial score (nSPS) is 11.2.